The second kappa shape index (κ2) is 3.33. The van der Waals surface area contributed by atoms with Gasteiger partial charge in [0, 0.05) is 12.1 Å². The molecule has 0 bridgehead atoms. The number of aromatic hydroxyl groups is 1. The number of non-ortho nitro benzene ring substituents is 1. The molecule has 0 spiro atoms. The summed E-state index contributed by atoms with van der Waals surface area (Å²) in [4.78, 5) is 9.93. The van der Waals surface area contributed by atoms with E-state index in [1.165, 1.54) is 18.2 Å². The van der Waals surface area contributed by atoms with Crippen LogP contribution >= 0.6 is 0 Å². The van der Waals surface area contributed by atoms with Crippen LogP contribution in [0, 0.1) is 10.1 Å². The molecular formula is C7H5N5O3. The molecule has 0 radical (unpaired) electrons. The summed E-state index contributed by atoms with van der Waals surface area (Å²) >= 11 is 0. The van der Waals surface area contributed by atoms with Crippen molar-refractivity contribution < 1.29 is 10.0 Å². The molecule has 0 unspecified atom stereocenters. The predicted octanol–water partition coefficient (Wildman–Crippen LogP) is 0.480. The van der Waals surface area contributed by atoms with Gasteiger partial charge in [-0.15, -0.1) is 10.2 Å². The molecule has 0 aliphatic heterocycles. The molecule has 1 aromatic carbocycles. The molecule has 0 fully saturated rings. The number of phenols is 1. The van der Waals surface area contributed by atoms with Crippen LogP contribution in [0.1, 0.15) is 0 Å². The van der Waals surface area contributed by atoms with Crippen molar-refractivity contribution in [1.29, 1.82) is 0 Å². The summed E-state index contributed by atoms with van der Waals surface area (Å²) in [6.45, 7) is 0. The largest absolute Gasteiger partial charge is 0.507 e. The highest BCUT2D eigenvalue weighted by molar-refractivity contribution is 5.66. The van der Waals surface area contributed by atoms with Gasteiger partial charge in [-0.2, -0.15) is 5.21 Å². The topological polar surface area (TPSA) is 118 Å². The number of nitrogens with zero attached hydrogens (tertiary/aromatic N) is 4. The molecule has 76 valence electrons. The second-order valence-corrected chi connectivity index (χ2v) is 2.69. The van der Waals surface area contributed by atoms with Crippen LogP contribution in [-0.2, 0) is 0 Å². The van der Waals surface area contributed by atoms with Crippen molar-refractivity contribution >= 4 is 5.69 Å². The molecule has 8 nitrogen and oxygen atoms in total. The SMILES string of the molecule is O=[N+]([O-])c1ccc(O)c(-c2nn[nH]n2)c1. The molecule has 0 saturated carbocycles. The first kappa shape index (κ1) is 9.06. The fourth-order valence-electron chi connectivity index (χ4n) is 1.09. The number of hydrogen-bond acceptors (Lipinski definition) is 6. The van der Waals surface area contributed by atoms with E-state index in [0.29, 0.717) is 0 Å². The third-order valence-corrected chi connectivity index (χ3v) is 1.78. The second-order valence-electron chi connectivity index (χ2n) is 2.69. The number of H-pyrrole nitrogens is 1. The molecule has 1 heterocycles. The summed E-state index contributed by atoms with van der Waals surface area (Å²) in [6, 6.07) is 3.59. The van der Waals surface area contributed by atoms with E-state index in [1.807, 2.05) is 0 Å². The van der Waals surface area contributed by atoms with Gasteiger partial charge >= 0.3 is 0 Å². The molecule has 0 amide bonds. The maximum Gasteiger partial charge on any atom is 0.270 e. The third-order valence-electron chi connectivity index (χ3n) is 1.78. The summed E-state index contributed by atoms with van der Waals surface area (Å²) < 4.78 is 0. The molecular weight excluding hydrogens is 202 g/mol. The Bertz CT molecular complexity index is 495. The Morgan fingerprint density at radius 1 is 1.47 bits per heavy atom. The van der Waals surface area contributed by atoms with E-state index in [1.54, 1.807) is 0 Å². The van der Waals surface area contributed by atoms with E-state index in [4.69, 9.17) is 0 Å². The lowest BCUT2D eigenvalue weighted by Gasteiger charge is -1.98. The first-order chi connectivity index (χ1) is 7.18. The Hall–Kier alpha value is -2.51. The molecule has 0 atom stereocenters. The molecule has 15 heavy (non-hydrogen) atoms. The normalized spacial score (nSPS) is 10.1. The number of aromatic nitrogens is 4. The average molecular weight is 207 g/mol. The van der Waals surface area contributed by atoms with Crippen molar-refractivity contribution in [1.82, 2.24) is 20.6 Å². The lowest BCUT2D eigenvalue weighted by atomic mass is 10.1. The molecule has 1 aromatic heterocycles. The average Bonchev–Trinajstić information content (AvgIpc) is 2.71. The first-order valence-electron chi connectivity index (χ1n) is 3.89. The summed E-state index contributed by atoms with van der Waals surface area (Å²) in [5.74, 6) is -0.0294. The number of nitro groups is 1. The highest BCUT2D eigenvalue weighted by Gasteiger charge is 2.14. The van der Waals surface area contributed by atoms with E-state index < -0.39 is 4.92 Å². The maximum absolute atomic E-state index is 10.5. The summed E-state index contributed by atoms with van der Waals surface area (Å²) in [7, 11) is 0. The molecule has 2 N–H and O–H groups in total. The van der Waals surface area contributed by atoms with Gasteiger partial charge in [0.2, 0.25) is 5.82 Å². The van der Waals surface area contributed by atoms with Crippen LogP contribution in [0.4, 0.5) is 5.69 Å². The Labute approximate surface area is 82.7 Å². The van der Waals surface area contributed by atoms with Crippen LogP contribution in [-0.4, -0.2) is 30.7 Å². The van der Waals surface area contributed by atoms with Crippen molar-refractivity contribution in [3.05, 3.63) is 28.3 Å². The van der Waals surface area contributed by atoms with Gasteiger partial charge in [-0.25, -0.2) is 0 Å². The van der Waals surface area contributed by atoms with E-state index in [0.717, 1.165) is 0 Å². The van der Waals surface area contributed by atoms with Gasteiger partial charge in [0.25, 0.3) is 5.69 Å². The van der Waals surface area contributed by atoms with Gasteiger partial charge in [0.15, 0.2) is 0 Å². The number of tetrazole rings is 1. The minimum atomic E-state index is -0.566. The quantitative estimate of drug-likeness (QED) is 0.546. The van der Waals surface area contributed by atoms with Gasteiger partial charge < -0.3 is 5.11 Å². The smallest absolute Gasteiger partial charge is 0.270 e. The number of aromatic amines is 1. The highest BCUT2D eigenvalue weighted by atomic mass is 16.6. The van der Waals surface area contributed by atoms with Crippen molar-refractivity contribution in [2.75, 3.05) is 0 Å². The molecule has 8 heteroatoms. The lowest BCUT2D eigenvalue weighted by Crippen LogP contribution is -1.89. The van der Waals surface area contributed by atoms with Crippen molar-refractivity contribution in [2.45, 2.75) is 0 Å². The van der Waals surface area contributed by atoms with Crippen molar-refractivity contribution in [2.24, 2.45) is 0 Å². The summed E-state index contributed by atoms with van der Waals surface area (Å²) in [5, 5.41) is 32.7. The van der Waals surface area contributed by atoms with E-state index in [2.05, 4.69) is 20.6 Å². The van der Waals surface area contributed by atoms with Crippen LogP contribution in [0.2, 0.25) is 0 Å². The fourth-order valence-corrected chi connectivity index (χ4v) is 1.09. The zero-order chi connectivity index (χ0) is 10.8. The van der Waals surface area contributed by atoms with Gasteiger partial charge in [0.1, 0.15) is 5.75 Å². The molecule has 2 aromatic rings. The van der Waals surface area contributed by atoms with E-state index in [-0.39, 0.29) is 22.8 Å². The van der Waals surface area contributed by atoms with Crippen molar-refractivity contribution in [3.8, 4) is 17.1 Å². The van der Waals surface area contributed by atoms with Gasteiger partial charge in [0.05, 0.1) is 10.5 Å². The molecule has 0 saturated heterocycles. The fraction of sp³-hybridized carbons (Fsp3) is 0. The third kappa shape index (κ3) is 1.59. The van der Waals surface area contributed by atoms with Gasteiger partial charge in [-0.05, 0) is 11.3 Å². The van der Waals surface area contributed by atoms with Gasteiger partial charge in [-0.3, -0.25) is 10.1 Å². The zero-order valence-electron chi connectivity index (χ0n) is 7.28. The van der Waals surface area contributed by atoms with Gasteiger partial charge in [-0.1, -0.05) is 0 Å². The zero-order valence-corrected chi connectivity index (χ0v) is 7.28. The minimum Gasteiger partial charge on any atom is -0.507 e. The first-order valence-corrected chi connectivity index (χ1v) is 3.89. The van der Waals surface area contributed by atoms with Crippen LogP contribution in [0.15, 0.2) is 18.2 Å². The summed E-state index contributed by atoms with van der Waals surface area (Å²) in [5.41, 5.74) is 0.0190. The van der Waals surface area contributed by atoms with Crippen LogP contribution in [0.5, 0.6) is 5.75 Å². The van der Waals surface area contributed by atoms with E-state index in [9.17, 15) is 15.2 Å². The van der Waals surface area contributed by atoms with Crippen LogP contribution in [0.25, 0.3) is 11.4 Å². The maximum atomic E-state index is 10.5. The highest BCUT2D eigenvalue weighted by Crippen LogP contribution is 2.29. The summed E-state index contributed by atoms with van der Waals surface area (Å²) in [6.07, 6.45) is 0. The van der Waals surface area contributed by atoms with Crippen LogP contribution < -0.4 is 0 Å². The van der Waals surface area contributed by atoms with Crippen LogP contribution in [0.3, 0.4) is 0 Å². The monoisotopic (exact) mass is 207 g/mol. The lowest BCUT2D eigenvalue weighted by molar-refractivity contribution is -0.384. The molecule has 0 aliphatic rings. The molecule has 2 rings (SSSR count). The number of rotatable bonds is 2. The Morgan fingerprint density at radius 3 is 2.87 bits per heavy atom. The standard InChI is InChI=1S/C7H5N5O3/c13-6-2-1-4(12(14)15)3-5(6)7-8-10-11-9-7/h1-3,13H,(H,8,9,10,11). The van der Waals surface area contributed by atoms with Crippen molar-refractivity contribution in [3.63, 3.8) is 0 Å². The number of benzene rings is 1. The molecule has 0 aliphatic carbocycles. The number of nitro benzene ring substituents is 1. The minimum absolute atomic E-state index is 0.108. The predicted molar refractivity (Wildman–Crippen MR) is 47.9 cm³/mol. The number of phenolic OH excluding ortho intramolecular Hbond substituents is 1. The Morgan fingerprint density at radius 2 is 2.27 bits per heavy atom. The number of hydrogen-bond donors (Lipinski definition) is 2. The Kier molecular flexibility index (Phi) is 2.01. The van der Waals surface area contributed by atoms with E-state index >= 15 is 0 Å². The number of nitrogens with one attached hydrogen (secondary N) is 1. The Balaban J connectivity index is 2.55.